The largest absolute Gasteiger partial charge is 0.285 e. The van der Waals surface area contributed by atoms with Crippen molar-refractivity contribution in [1.29, 1.82) is 0 Å². The second kappa shape index (κ2) is 2.86. The van der Waals surface area contributed by atoms with Crippen LogP contribution in [0.4, 0.5) is 0 Å². The Kier molecular flexibility index (Phi) is 2.45. The summed E-state index contributed by atoms with van der Waals surface area (Å²) in [6, 6.07) is 0. The third-order valence-corrected chi connectivity index (χ3v) is 5.85. The van der Waals surface area contributed by atoms with Gasteiger partial charge in [0.2, 0.25) is 0 Å². The lowest BCUT2D eigenvalue weighted by Gasteiger charge is -2.07. The van der Waals surface area contributed by atoms with Crippen LogP contribution >= 0.6 is 12.6 Å². The Morgan fingerprint density at radius 2 is 1.83 bits per heavy atom. The highest BCUT2D eigenvalue weighted by molar-refractivity contribution is 7.96. The normalized spacial score (nSPS) is 35.2. The minimum Gasteiger partial charge on any atom is -0.285 e. The molecular weight excluding hydrogens is 224 g/mol. The Bertz CT molecular complexity index is 365. The van der Waals surface area contributed by atoms with E-state index in [9.17, 15) is 16.8 Å². The predicted octanol–water partition coefficient (Wildman–Crippen LogP) is -1.03. The molecule has 0 amide bonds. The molecule has 0 saturated carbocycles. The Morgan fingerprint density at radius 3 is 2.00 bits per heavy atom. The smallest absolute Gasteiger partial charge is 0.269 e. The van der Waals surface area contributed by atoms with E-state index in [1.165, 1.54) is 0 Å². The van der Waals surface area contributed by atoms with Gasteiger partial charge in [-0.05, 0) is 0 Å². The fourth-order valence-electron chi connectivity index (χ4n) is 1.08. The molecule has 1 aliphatic rings. The lowest BCUT2D eigenvalue weighted by atomic mass is 10.4. The molecule has 1 aliphatic heterocycles. The van der Waals surface area contributed by atoms with Crippen LogP contribution in [0.1, 0.15) is 0 Å². The number of hydrogen-bond acceptors (Lipinski definition) is 5. The lowest BCUT2D eigenvalue weighted by Crippen LogP contribution is -2.28. The van der Waals surface area contributed by atoms with Gasteiger partial charge in [-0.1, -0.05) is 0 Å². The number of sulfone groups is 1. The maximum Gasteiger partial charge on any atom is 0.269 e. The number of rotatable bonds is 1. The molecule has 0 radical (unpaired) electrons. The number of thiol groups is 1. The van der Waals surface area contributed by atoms with Gasteiger partial charge in [-0.25, -0.2) is 8.42 Å². The average Bonchev–Trinajstić information content (AvgIpc) is 2.03. The van der Waals surface area contributed by atoms with Crippen molar-refractivity contribution in [1.82, 2.24) is 0 Å². The van der Waals surface area contributed by atoms with Gasteiger partial charge in [-0.2, -0.15) is 21.0 Å². The molecule has 1 heterocycles. The Hall–Kier alpha value is 0.210. The maximum absolute atomic E-state index is 10.9. The van der Waals surface area contributed by atoms with E-state index in [0.29, 0.717) is 0 Å². The lowest BCUT2D eigenvalue weighted by molar-refractivity contribution is 0.472. The van der Waals surface area contributed by atoms with Crippen molar-refractivity contribution in [2.24, 2.45) is 0 Å². The molecule has 0 spiro atoms. The molecular formula is C4H8O5S3. The van der Waals surface area contributed by atoms with Crippen molar-refractivity contribution in [3.8, 4) is 0 Å². The molecule has 72 valence electrons. The summed E-state index contributed by atoms with van der Waals surface area (Å²) in [7, 11) is -7.62. The van der Waals surface area contributed by atoms with Crippen LogP contribution in [0.15, 0.2) is 0 Å². The van der Waals surface area contributed by atoms with Crippen LogP contribution < -0.4 is 0 Å². The van der Waals surface area contributed by atoms with E-state index in [1.54, 1.807) is 0 Å². The Morgan fingerprint density at radius 1 is 1.33 bits per heavy atom. The minimum atomic E-state index is -4.28. The van der Waals surface area contributed by atoms with Gasteiger partial charge in [0.25, 0.3) is 10.1 Å². The SMILES string of the molecule is O=S1(=O)C[C@@H](S(=O)(=O)O)[C@@H](S)C1. The summed E-state index contributed by atoms with van der Waals surface area (Å²) in [5, 5.41) is -2.09. The molecule has 1 rings (SSSR count). The summed E-state index contributed by atoms with van der Waals surface area (Å²) >= 11 is 3.78. The first-order chi connectivity index (χ1) is 5.22. The molecule has 0 bridgehead atoms. The molecule has 12 heavy (non-hydrogen) atoms. The van der Waals surface area contributed by atoms with Gasteiger partial charge < -0.3 is 0 Å². The fraction of sp³-hybridized carbons (Fsp3) is 1.00. The third kappa shape index (κ3) is 2.12. The van der Waals surface area contributed by atoms with E-state index in [2.05, 4.69) is 12.6 Å². The van der Waals surface area contributed by atoms with Crippen molar-refractivity contribution in [3.63, 3.8) is 0 Å². The van der Waals surface area contributed by atoms with Gasteiger partial charge >= 0.3 is 0 Å². The van der Waals surface area contributed by atoms with Crippen LogP contribution in [0.3, 0.4) is 0 Å². The molecule has 1 fully saturated rings. The van der Waals surface area contributed by atoms with Crippen LogP contribution in [-0.4, -0.2) is 43.4 Å². The molecule has 5 nitrogen and oxygen atoms in total. The van der Waals surface area contributed by atoms with Crippen molar-refractivity contribution >= 4 is 32.6 Å². The van der Waals surface area contributed by atoms with E-state index in [0.717, 1.165) is 0 Å². The van der Waals surface area contributed by atoms with Crippen LogP contribution in [0.2, 0.25) is 0 Å². The highest BCUT2D eigenvalue weighted by Gasteiger charge is 2.42. The summed E-state index contributed by atoms with van der Waals surface area (Å²) in [4.78, 5) is 0. The topological polar surface area (TPSA) is 88.5 Å². The molecule has 0 aromatic heterocycles. The zero-order chi connectivity index (χ0) is 9.57. The maximum atomic E-state index is 10.9. The van der Waals surface area contributed by atoms with E-state index >= 15 is 0 Å². The zero-order valence-corrected chi connectivity index (χ0v) is 8.44. The van der Waals surface area contributed by atoms with Gasteiger partial charge in [0.1, 0.15) is 5.25 Å². The van der Waals surface area contributed by atoms with E-state index in [-0.39, 0.29) is 5.75 Å². The Balaban J connectivity index is 3.01. The predicted molar refractivity (Wildman–Crippen MR) is 46.8 cm³/mol. The van der Waals surface area contributed by atoms with E-state index in [1.807, 2.05) is 0 Å². The molecule has 0 aromatic rings. The van der Waals surface area contributed by atoms with Crippen LogP contribution in [0, 0.1) is 0 Å². The van der Waals surface area contributed by atoms with Crippen molar-refractivity contribution in [3.05, 3.63) is 0 Å². The van der Waals surface area contributed by atoms with Crippen molar-refractivity contribution in [2.75, 3.05) is 11.5 Å². The third-order valence-electron chi connectivity index (χ3n) is 1.65. The first-order valence-electron chi connectivity index (χ1n) is 3.07. The highest BCUT2D eigenvalue weighted by atomic mass is 32.2. The highest BCUT2D eigenvalue weighted by Crippen LogP contribution is 2.22. The number of hydrogen-bond donors (Lipinski definition) is 2. The van der Waals surface area contributed by atoms with Gasteiger partial charge in [0.15, 0.2) is 9.84 Å². The fourth-order valence-corrected chi connectivity index (χ4v) is 6.02. The first kappa shape index (κ1) is 10.3. The molecule has 1 N–H and O–H groups in total. The van der Waals surface area contributed by atoms with E-state index < -0.39 is 36.2 Å². The van der Waals surface area contributed by atoms with Crippen molar-refractivity contribution < 1.29 is 21.4 Å². The molecule has 0 unspecified atom stereocenters. The van der Waals surface area contributed by atoms with Crippen LogP contribution in [0.25, 0.3) is 0 Å². The molecule has 1 saturated heterocycles. The molecule has 2 atom stereocenters. The van der Waals surface area contributed by atoms with Gasteiger partial charge in [-0.15, -0.1) is 0 Å². The van der Waals surface area contributed by atoms with Gasteiger partial charge in [0, 0.05) is 5.25 Å². The van der Waals surface area contributed by atoms with Gasteiger partial charge in [-0.3, -0.25) is 4.55 Å². The minimum absolute atomic E-state index is 0.291. The summed E-state index contributed by atoms with van der Waals surface area (Å²) in [6.45, 7) is 0. The van der Waals surface area contributed by atoms with Crippen LogP contribution in [-0.2, 0) is 20.0 Å². The zero-order valence-electron chi connectivity index (χ0n) is 5.91. The molecule has 8 heteroatoms. The Labute approximate surface area is 76.2 Å². The summed E-state index contributed by atoms with van der Waals surface area (Å²) < 4.78 is 51.5. The quantitative estimate of drug-likeness (QED) is 0.446. The standard InChI is InChI=1S/C4H8O5S3/c5-11(6)1-3(10)4(2-11)12(7,8)9/h3-4,10H,1-2H2,(H,7,8,9)/t3-,4+/m0/s1. The second-order valence-electron chi connectivity index (χ2n) is 2.70. The average molecular weight is 232 g/mol. The summed E-state index contributed by atoms with van der Waals surface area (Å²) in [5.41, 5.74) is 0. The molecule has 0 aromatic carbocycles. The van der Waals surface area contributed by atoms with Crippen LogP contribution in [0.5, 0.6) is 0 Å². The summed E-state index contributed by atoms with van der Waals surface area (Å²) in [6.07, 6.45) is 0. The first-order valence-corrected chi connectivity index (χ1v) is 6.91. The van der Waals surface area contributed by atoms with Gasteiger partial charge in [0.05, 0.1) is 11.5 Å². The monoisotopic (exact) mass is 232 g/mol. The second-order valence-corrected chi connectivity index (χ2v) is 7.15. The van der Waals surface area contributed by atoms with Crippen molar-refractivity contribution in [2.45, 2.75) is 10.5 Å². The summed E-state index contributed by atoms with van der Waals surface area (Å²) in [5.74, 6) is -0.819. The van der Waals surface area contributed by atoms with E-state index in [4.69, 9.17) is 4.55 Å². The molecule has 0 aliphatic carbocycles.